The smallest absolute Gasteiger partial charge is 0.341 e. The van der Waals surface area contributed by atoms with Gasteiger partial charge in [-0.1, -0.05) is 36.2 Å². The van der Waals surface area contributed by atoms with E-state index in [0.717, 1.165) is 29.7 Å². The lowest BCUT2D eigenvalue weighted by atomic mass is 9.88. The van der Waals surface area contributed by atoms with Crippen molar-refractivity contribution < 1.29 is 23.9 Å². The van der Waals surface area contributed by atoms with E-state index in [0.29, 0.717) is 43.4 Å². The third kappa shape index (κ3) is 7.02. The maximum absolute atomic E-state index is 13.1. The average Bonchev–Trinajstić information content (AvgIpc) is 3.27. The van der Waals surface area contributed by atoms with Crippen LogP contribution in [-0.4, -0.2) is 36.7 Å². The predicted octanol–water partition coefficient (Wildman–Crippen LogP) is 6.53. The number of amides is 2. The Kier molecular flexibility index (Phi) is 9.84. The van der Waals surface area contributed by atoms with Crippen LogP contribution in [0.5, 0.6) is 5.75 Å². The van der Waals surface area contributed by atoms with Gasteiger partial charge >= 0.3 is 5.97 Å². The molecule has 1 heterocycles. The molecule has 8 nitrogen and oxygen atoms in total. The van der Waals surface area contributed by atoms with Gasteiger partial charge < -0.3 is 14.8 Å². The zero-order valence-electron chi connectivity index (χ0n) is 22.3. The number of esters is 1. The molecule has 0 saturated carbocycles. The lowest BCUT2D eigenvalue weighted by Gasteiger charge is -2.18. The molecular formula is C29H29Cl2N3O5S. The number of rotatable bonds is 9. The molecule has 0 radical (unpaired) electrons. The van der Waals surface area contributed by atoms with Crippen LogP contribution in [0.1, 0.15) is 63.9 Å². The van der Waals surface area contributed by atoms with Crippen LogP contribution in [0.2, 0.25) is 10.0 Å². The number of thiophene rings is 1. The highest BCUT2D eigenvalue weighted by atomic mass is 35.5. The fourth-order valence-electron chi connectivity index (χ4n) is 4.26. The van der Waals surface area contributed by atoms with Crippen molar-refractivity contribution in [2.75, 3.05) is 11.9 Å². The summed E-state index contributed by atoms with van der Waals surface area (Å²) in [7, 11) is 0. The number of carbonyl (C=O) groups excluding carboxylic acids is 3. The van der Waals surface area contributed by atoms with Crippen molar-refractivity contribution in [3.8, 4) is 5.75 Å². The molecule has 1 aliphatic carbocycles. The van der Waals surface area contributed by atoms with E-state index in [1.165, 1.54) is 17.6 Å². The van der Waals surface area contributed by atoms with E-state index in [1.807, 2.05) is 0 Å². The number of ether oxygens (including phenoxy) is 2. The maximum Gasteiger partial charge on any atom is 0.341 e. The second-order valence-corrected chi connectivity index (χ2v) is 11.3. The van der Waals surface area contributed by atoms with Crippen LogP contribution in [-0.2, 0) is 22.4 Å². The van der Waals surface area contributed by atoms with E-state index < -0.39 is 18.0 Å². The van der Waals surface area contributed by atoms with E-state index in [9.17, 15) is 14.4 Å². The number of anilines is 1. The minimum Gasteiger partial charge on any atom is -0.481 e. The van der Waals surface area contributed by atoms with Gasteiger partial charge in [-0.15, -0.1) is 11.3 Å². The molecule has 1 aliphatic rings. The van der Waals surface area contributed by atoms with E-state index in [-0.39, 0.29) is 12.5 Å². The summed E-state index contributed by atoms with van der Waals surface area (Å²) in [5, 5.41) is 8.12. The Balaban J connectivity index is 1.38. The van der Waals surface area contributed by atoms with Gasteiger partial charge in [0.15, 0.2) is 6.10 Å². The van der Waals surface area contributed by atoms with Crippen LogP contribution in [0.3, 0.4) is 0 Å². The van der Waals surface area contributed by atoms with E-state index >= 15 is 0 Å². The fraction of sp³-hybridized carbons (Fsp3) is 0.310. The molecule has 0 aliphatic heterocycles. The third-order valence-electron chi connectivity index (χ3n) is 6.38. The second kappa shape index (κ2) is 13.3. The first-order valence-corrected chi connectivity index (χ1v) is 14.4. The molecule has 11 heteroatoms. The minimum absolute atomic E-state index is 0.257. The van der Waals surface area contributed by atoms with Crippen LogP contribution >= 0.6 is 34.5 Å². The molecule has 2 N–H and O–H groups in total. The lowest BCUT2D eigenvalue weighted by molar-refractivity contribution is -0.127. The minimum atomic E-state index is -0.870. The van der Waals surface area contributed by atoms with Gasteiger partial charge in [0.2, 0.25) is 0 Å². The highest BCUT2D eigenvalue weighted by Crippen LogP contribution is 2.40. The van der Waals surface area contributed by atoms with Gasteiger partial charge in [-0.3, -0.25) is 9.59 Å². The molecule has 1 aromatic heterocycles. The average molecular weight is 603 g/mol. The van der Waals surface area contributed by atoms with Gasteiger partial charge in [-0.05, 0) is 81.0 Å². The fourth-order valence-corrected chi connectivity index (χ4v) is 6.15. The van der Waals surface area contributed by atoms with Crippen molar-refractivity contribution in [2.45, 2.75) is 46.1 Å². The molecule has 2 atom stereocenters. The zero-order valence-corrected chi connectivity index (χ0v) is 24.6. The number of carbonyl (C=O) groups is 3. The standard InChI is InChI=1S/C29H29Cl2N3O5S/c1-4-38-29(37)25-20-13-8-16(2)14-24(20)40-28(25)33-27(36)18-9-11-19(12-10-18)39-17(3)26(35)34-32-15-21-22(30)6-5-7-23(21)31/h5-7,9-12,15-17H,4,8,13-14H2,1-3H3,(H,33,36)(H,34,35)/b32-15-/t16-,17-/m0/s1. The Morgan fingerprint density at radius 2 is 1.85 bits per heavy atom. The third-order valence-corrected chi connectivity index (χ3v) is 8.21. The first-order valence-electron chi connectivity index (χ1n) is 12.8. The second-order valence-electron chi connectivity index (χ2n) is 9.38. The molecule has 210 valence electrons. The number of hydrogen-bond donors (Lipinski definition) is 2. The largest absolute Gasteiger partial charge is 0.481 e. The zero-order chi connectivity index (χ0) is 28.8. The van der Waals surface area contributed by atoms with Crippen LogP contribution in [0, 0.1) is 5.92 Å². The summed E-state index contributed by atoms with van der Waals surface area (Å²) < 4.78 is 11.0. The molecule has 4 rings (SSSR count). The Labute approximate surface area is 246 Å². The number of hydrazone groups is 1. The number of halogens is 2. The SMILES string of the molecule is CCOC(=O)c1c(NC(=O)c2ccc(O[C@@H](C)C(=O)N/N=C\c3c(Cl)cccc3Cl)cc2)sc2c1CC[C@H](C)C2. The summed E-state index contributed by atoms with van der Waals surface area (Å²) in [6, 6.07) is 11.4. The van der Waals surface area contributed by atoms with Gasteiger partial charge in [-0.2, -0.15) is 5.10 Å². The molecule has 0 unspecified atom stereocenters. The van der Waals surface area contributed by atoms with E-state index in [2.05, 4.69) is 22.8 Å². The number of benzene rings is 2. The quantitative estimate of drug-likeness (QED) is 0.165. The van der Waals surface area contributed by atoms with Crippen LogP contribution in [0.25, 0.3) is 0 Å². The van der Waals surface area contributed by atoms with Gasteiger partial charge in [0.05, 0.1) is 28.4 Å². The van der Waals surface area contributed by atoms with Crippen LogP contribution in [0.15, 0.2) is 47.6 Å². The van der Waals surface area contributed by atoms with Gasteiger partial charge in [0.1, 0.15) is 10.8 Å². The Morgan fingerprint density at radius 3 is 2.52 bits per heavy atom. The molecule has 0 spiro atoms. The Morgan fingerprint density at radius 1 is 1.15 bits per heavy atom. The molecule has 2 aromatic carbocycles. The van der Waals surface area contributed by atoms with Crippen molar-refractivity contribution in [1.29, 1.82) is 0 Å². The van der Waals surface area contributed by atoms with Crippen molar-refractivity contribution in [3.63, 3.8) is 0 Å². The Hall–Kier alpha value is -3.40. The molecule has 2 amide bonds. The van der Waals surface area contributed by atoms with Crippen LogP contribution in [0.4, 0.5) is 5.00 Å². The molecule has 0 bridgehead atoms. The van der Waals surface area contributed by atoms with Crippen molar-refractivity contribution >= 4 is 63.5 Å². The maximum atomic E-state index is 13.1. The topological polar surface area (TPSA) is 106 Å². The monoisotopic (exact) mass is 601 g/mol. The van der Waals surface area contributed by atoms with E-state index in [4.69, 9.17) is 32.7 Å². The number of nitrogens with one attached hydrogen (secondary N) is 2. The predicted molar refractivity (Wildman–Crippen MR) is 158 cm³/mol. The first kappa shape index (κ1) is 29.6. The van der Waals surface area contributed by atoms with Crippen molar-refractivity contribution in [2.24, 2.45) is 11.0 Å². The molecular weight excluding hydrogens is 573 g/mol. The van der Waals surface area contributed by atoms with Gasteiger partial charge in [0.25, 0.3) is 11.8 Å². The Bertz CT molecular complexity index is 1420. The highest BCUT2D eigenvalue weighted by molar-refractivity contribution is 7.17. The summed E-state index contributed by atoms with van der Waals surface area (Å²) in [6.07, 6.45) is 3.14. The number of hydrogen-bond acceptors (Lipinski definition) is 7. The van der Waals surface area contributed by atoms with Crippen molar-refractivity contribution in [1.82, 2.24) is 5.43 Å². The summed E-state index contributed by atoms with van der Waals surface area (Å²) in [5.41, 5.74) is 4.70. The summed E-state index contributed by atoms with van der Waals surface area (Å²) in [6.45, 7) is 5.77. The first-order chi connectivity index (χ1) is 19.2. The summed E-state index contributed by atoms with van der Waals surface area (Å²) in [4.78, 5) is 39.3. The number of nitrogens with zero attached hydrogens (tertiary/aromatic N) is 1. The van der Waals surface area contributed by atoms with E-state index in [1.54, 1.807) is 56.3 Å². The van der Waals surface area contributed by atoms with Crippen molar-refractivity contribution in [3.05, 3.63) is 79.6 Å². The van der Waals surface area contributed by atoms with Gasteiger partial charge in [-0.25, -0.2) is 10.2 Å². The van der Waals surface area contributed by atoms with Gasteiger partial charge in [0, 0.05) is 16.0 Å². The normalized spacial score (nSPS) is 15.3. The number of fused-ring (bicyclic) bond motifs is 1. The molecule has 40 heavy (non-hydrogen) atoms. The molecule has 0 fully saturated rings. The summed E-state index contributed by atoms with van der Waals surface area (Å²) >= 11 is 13.6. The highest BCUT2D eigenvalue weighted by Gasteiger charge is 2.29. The molecule has 3 aromatic rings. The lowest BCUT2D eigenvalue weighted by Crippen LogP contribution is -2.33. The summed E-state index contributed by atoms with van der Waals surface area (Å²) in [5.74, 6) is -0.342. The van der Waals surface area contributed by atoms with Crippen LogP contribution < -0.4 is 15.5 Å². The molecule has 0 saturated heterocycles.